The molecular formula is C12H23ClN2O4S. The Hall–Kier alpha value is -0.530. The van der Waals surface area contributed by atoms with Gasteiger partial charge in [0.1, 0.15) is 0 Å². The number of piperidine rings is 1. The molecule has 1 aliphatic rings. The Bertz CT molecular complexity index is 394. The van der Waals surface area contributed by atoms with Gasteiger partial charge in [0.2, 0.25) is 10.0 Å². The highest BCUT2D eigenvalue weighted by Crippen LogP contribution is 2.13. The second-order valence-electron chi connectivity index (χ2n) is 4.79. The zero-order chi connectivity index (χ0) is 15.0. The number of nitrogens with zero attached hydrogens (tertiary/aromatic N) is 1. The van der Waals surface area contributed by atoms with Crippen LogP contribution in [-0.4, -0.2) is 56.8 Å². The highest BCUT2D eigenvalue weighted by molar-refractivity contribution is 7.89. The standard InChI is InChI=1S/C12H23ClN2O4S/c1-2-19-12(16)15-8-5-11(6-9-15)14-20(17,18)10-4-3-7-13/h11,14H,2-10H2,1H3. The van der Waals surface area contributed by atoms with E-state index in [2.05, 4.69) is 4.72 Å². The Morgan fingerprint density at radius 2 is 2.00 bits per heavy atom. The molecule has 0 bridgehead atoms. The Balaban J connectivity index is 2.33. The Kier molecular flexibility index (Phi) is 7.61. The van der Waals surface area contributed by atoms with Crippen LogP contribution in [-0.2, 0) is 14.8 Å². The number of carbonyl (C=O) groups is 1. The molecule has 6 nitrogen and oxygen atoms in total. The minimum atomic E-state index is -3.24. The fourth-order valence-corrected chi connectivity index (χ4v) is 3.73. The van der Waals surface area contributed by atoms with Crippen molar-refractivity contribution in [3.8, 4) is 0 Å². The molecule has 0 aromatic carbocycles. The molecule has 0 radical (unpaired) electrons. The fourth-order valence-electron chi connectivity index (χ4n) is 2.09. The van der Waals surface area contributed by atoms with Gasteiger partial charge in [-0.1, -0.05) is 0 Å². The first-order valence-electron chi connectivity index (χ1n) is 6.96. The predicted molar refractivity (Wildman–Crippen MR) is 78.5 cm³/mol. The fraction of sp³-hybridized carbons (Fsp3) is 0.917. The molecule has 1 amide bonds. The van der Waals surface area contributed by atoms with E-state index in [9.17, 15) is 13.2 Å². The summed E-state index contributed by atoms with van der Waals surface area (Å²) in [4.78, 5) is 13.1. The number of carbonyl (C=O) groups excluding carboxylic acids is 1. The van der Waals surface area contributed by atoms with E-state index in [-0.39, 0.29) is 17.9 Å². The minimum absolute atomic E-state index is 0.0957. The van der Waals surface area contributed by atoms with Gasteiger partial charge < -0.3 is 9.64 Å². The predicted octanol–water partition coefficient (Wildman–Crippen LogP) is 1.55. The van der Waals surface area contributed by atoms with Crippen molar-refractivity contribution in [2.45, 2.75) is 38.6 Å². The van der Waals surface area contributed by atoms with Gasteiger partial charge in [-0.25, -0.2) is 17.9 Å². The Morgan fingerprint density at radius 3 is 2.55 bits per heavy atom. The molecule has 1 N–H and O–H groups in total. The molecule has 1 aliphatic heterocycles. The van der Waals surface area contributed by atoms with Crippen LogP contribution in [0.4, 0.5) is 4.79 Å². The summed E-state index contributed by atoms with van der Waals surface area (Å²) in [6.07, 6.45) is 2.18. The molecule has 1 rings (SSSR count). The highest BCUT2D eigenvalue weighted by atomic mass is 35.5. The molecule has 118 valence electrons. The lowest BCUT2D eigenvalue weighted by molar-refractivity contribution is 0.0966. The normalized spacial score (nSPS) is 17.2. The number of unbranched alkanes of at least 4 members (excludes halogenated alkanes) is 1. The van der Waals surface area contributed by atoms with Gasteiger partial charge in [0.25, 0.3) is 0 Å². The molecule has 1 saturated heterocycles. The first-order valence-corrected chi connectivity index (χ1v) is 9.15. The van der Waals surface area contributed by atoms with Gasteiger partial charge in [-0.05, 0) is 32.6 Å². The van der Waals surface area contributed by atoms with Gasteiger partial charge in [-0.2, -0.15) is 0 Å². The van der Waals surface area contributed by atoms with E-state index in [1.165, 1.54) is 0 Å². The zero-order valence-corrected chi connectivity index (χ0v) is 13.4. The summed E-state index contributed by atoms with van der Waals surface area (Å²) in [5, 5.41) is 0. The van der Waals surface area contributed by atoms with Crippen molar-refractivity contribution in [1.82, 2.24) is 9.62 Å². The molecule has 0 spiro atoms. The maximum Gasteiger partial charge on any atom is 0.409 e. The SMILES string of the molecule is CCOC(=O)N1CCC(NS(=O)(=O)CCCCCl)CC1. The van der Waals surface area contributed by atoms with Crippen LogP contribution in [0.5, 0.6) is 0 Å². The van der Waals surface area contributed by atoms with Crippen molar-refractivity contribution >= 4 is 27.7 Å². The lowest BCUT2D eigenvalue weighted by Gasteiger charge is -2.31. The summed E-state index contributed by atoms with van der Waals surface area (Å²) in [6.45, 7) is 3.16. The smallest absolute Gasteiger partial charge is 0.409 e. The second kappa shape index (κ2) is 8.69. The molecule has 1 fully saturated rings. The molecule has 0 atom stereocenters. The van der Waals surface area contributed by atoms with Gasteiger partial charge in [0.15, 0.2) is 0 Å². The maximum atomic E-state index is 11.8. The van der Waals surface area contributed by atoms with Crippen molar-refractivity contribution in [2.75, 3.05) is 31.3 Å². The van der Waals surface area contributed by atoms with Crippen LogP contribution >= 0.6 is 11.6 Å². The number of halogens is 1. The summed E-state index contributed by atoms with van der Waals surface area (Å²) >= 11 is 5.53. The first kappa shape index (κ1) is 17.5. The number of rotatable bonds is 7. The van der Waals surface area contributed by atoms with Gasteiger partial charge >= 0.3 is 6.09 Å². The molecule has 1 heterocycles. The van der Waals surface area contributed by atoms with Crippen LogP contribution < -0.4 is 4.72 Å². The molecule has 0 aliphatic carbocycles. The van der Waals surface area contributed by atoms with E-state index in [1.807, 2.05) is 0 Å². The van der Waals surface area contributed by atoms with E-state index in [4.69, 9.17) is 16.3 Å². The summed E-state index contributed by atoms with van der Waals surface area (Å²) in [7, 11) is -3.24. The van der Waals surface area contributed by atoms with Crippen LogP contribution in [0.3, 0.4) is 0 Å². The van der Waals surface area contributed by atoms with E-state index < -0.39 is 10.0 Å². The van der Waals surface area contributed by atoms with Crippen LogP contribution in [0.25, 0.3) is 0 Å². The summed E-state index contributed by atoms with van der Waals surface area (Å²) in [6, 6.07) is -0.0957. The molecular weight excluding hydrogens is 304 g/mol. The Morgan fingerprint density at radius 1 is 1.35 bits per heavy atom. The molecule has 8 heteroatoms. The van der Waals surface area contributed by atoms with Crippen molar-refractivity contribution in [1.29, 1.82) is 0 Å². The van der Waals surface area contributed by atoms with E-state index in [1.54, 1.807) is 11.8 Å². The van der Waals surface area contributed by atoms with Crippen LogP contribution in [0.2, 0.25) is 0 Å². The van der Waals surface area contributed by atoms with E-state index in [0.29, 0.717) is 51.3 Å². The lowest BCUT2D eigenvalue weighted by Crippen LogP contribution is -2.47. The third kappa shape index (κ3) is 6.28. The van der Waals surface area contributed by atoms with Crippen LogP contribution in [0, 0.1) is 0 Å². The highest BCUT2D eigenvalue weighted by Gasteiger charge is 2.26. The number of sulfonamides is 1. The van der Waals surface area contributed by atoms with Crippen molar-refractivity contribution in [3.05, 3.63) is 0 Å². The van der Waals surface area contributed by atoms with Gasteiger partial charge in [0, 0.05) is 25.0 Å². The number of ether oxygens (including phenoxy) is 1. The largest absolute Gasteiger partial charge is 0.450 e. The summed E-state index contributed by atoms with van der Waals surface area (Å²) in [5.41, 5.74) is 0. The van der Waals surface area contributed by atoms with Crippen molar-refractivity contribution in [2.24, 2.45) is 0 Å². The third-order valence-electron chi connectivity index (χ3n) is 3.16. The van der Waals surface area contributed by atoms with Crippen LogP contribution in [0.15, 0.2) is 0 Å². The number of likely N-dealkylation sites (tertiary alicyclic amines) is 1. The molecule has 0 saturated carbocycles. The van der Waals surface area contributed by atoms with Crippen molar-refractivity contribution in [3.63, 3.8) is 0 Å². The van der Waals surface area contributed by atoms with E-state index >= 15 is 0 Å². The summed E-state index contributed by atoms with van der Waals surface area (Å²) < 4.78 is 31.3. The molecule has 0 aromatic heterocycles. The minimum Gasteiger partial charge on any atom is -0.450 e. The van der Waals surface area contributed by atoms with Gasteiger partial charge in [-0.3, -0.25) is 0 Å². The van der Waals surface area contributed by atoms with Gasteiger partial charge in [0.05, 0.1) is 12.4 Å². The quantitative estimate of drug-likeness (QED) is 0.569. The number of nitrogens with one attached hydrogen (secondary N) is 1. The lowest BCUT2D eigenvalue weighted by atomic mass is 10.1. The van der Waals surface area contributed by atoms with Gasteiger partial charge in [-0.15, -0.1) is 11.6 Å². The average Bonchev–Trinajstić information content (AvgIpc) is 2.39. The summed E-state index contributed by atoms with van der Waals surface area (Å²) in [5.74, 6) is 0.589. The van der Waals surface area contributed by atoms with Crippen molar-refractivity contribution < 1.29 is 17.9 Å². The number of hydrogen-bond acceptors (Lipinski definition) is 4. The number of alkyl halides is 1. The second-order valence-corrected chi connectivity index (χ2v) is 7.04. The monoisotopic (exact) mass is 326 g/mol. The molecule has 0 aromatic rings. The van der Waals surface area contributed by atoms with E-state index in [0.717, 1.165) is 0 Å². The topological polar surface area (TPSA) is 75.7 Å². The molecule has 20 heavy (non-hydrogen) atoms. The zero-order valence-electron chi connectivity index (χ0n) is 11.8. The average molecular weight is 327 g/mol. The maximum absolute atomic E-state index is 11.8. The third-order valence-corrected chi connectivity index (χ3v) is 4.95. The first-order chi connectivity index (χ1) is 9.48. The van der Waals surface area contributed by atoms with Crippen LogP contribution in [0.1, 0.15) is 32.6 Å². The Labute approximate surface area is 125 Å². The molecule has 0 unspecified atom stereocenters. The number of amides is 1. The number of hydrogen-bond donors (Lipinski definition) is 1.